The highest BCUT2D eigenvalue weighted by molar-refractivity contribution is 5.95. The van der Waals surface area contributed by atoms with Crippen molar-refractivity contribution >= 4 is 11.9 Å². The summed E-state index contributed by atoms with van der Waals surface area (Å²) in [7, 11) is 0. The number of aromatic hydroxyl groups is 1. The number of phenols is 1. The number of phenolic OH excluding ortho intramolecular Hbond substituents is 1. The topological polar surface area (TPSA) is 93.1 Å². The number of halogens is 4. The third-order valence-corrected chi connectivity index (χ3v) is 5.59. The van der Waals surface area contributed by atoms with Gasteiger partial charge >= 0.3 is 18.1 Å². The molecule has 38 heavy (non-hydrogen) atoms. The average molecular weight is 535 g/mol. The van der Waals surface area contributed by atoms with E-state index in [4.69, 9.17) is 14.6 Å². The standard InChI is InChI=1S/C28H26F4O6/c1-15(25(34)35)20-11-7-17(13-22(20)29)16-5-9-19(10-6-16)37-14-18-8-12-21(28(30,31)32)24(33)23(18)26(36)38-27(2,3)4/h5-13,15,33H,14H2,1-4H3,(H,34,35). The number of ether oxygens (including phenoxy) is 2. The summed E-state index contributed by atoms with van der Waals surface area (Å²) in [4.78, 5) is 23.8. The molecule has 0 radical (unpaired) electrons. The summed E-state index contributed by atoms with van der Waals surface area (Å²) in [5.41, 5.74) is -1.89. The Kier molecular flexibility index (Phi) is 8.04. The van der Waals surface area contributed by atoms with Crippen LogP contribution in [-0.4, -0.2) is 27.8 Å². The summed E-state index contributed by atoms with van der Waals surface area (Å²) in [6, 6.07) is 12.2. The predicted molar refractivity (Wildman–Crippen MR) is 130 cm³/mol. The first-order chi connectivity index (χ1) is 17.6. The van der Waals surface area contributed by atoms with Gasteiger partial charge in [0.1, 0.15) is 35.1 Å². The number of carboxylic acids is 1. The quantitative estimate of drug-likeness (QED) is 0.252. The molecular weight excluding hydrogens is 508 g/mol. The molecule has 10 heteroatoms. The van der Waals surface area contributed by atoms with Gasteiger partial charge < -0.3 is 19.7 Å². The van der Waals surface area contributed by atoms with E-state index in [0.717, 1.165) is 6.07 Å². The van der Waals surface area contributed by atoms with E-state index in [1.54, 1.807) is 39.0 Å². The van der Waals surface area contributed by atoms with Gasteiger partial charge in [-0.1, -0.05) is 30.3 Å². The van der Waals surface area contributed by atoms with E-state index in [0.29, 0.717) is 22.9 Å². The maximum absolute atomic E-state index is 14.5. The number of hydrogen-bond donors (Lipinski definition) is 2. The van der Waals surface area contributed by atoms with Crippen LogP contribution in [0.3, 0.4) is 0 Å². The molecule has 0 spiro atoms. The highest BCUT2D eigenvalue weighted by atomic mass is 19.4. The normalized spacial score (nSPS) is 12.6. The molecule has 0 aromatic heterocycles. The zero-order valence-corrected chi connectivity index (χ0v) is 21.0. The Balaban J connectivity index is 1.84. The first-order valence-electron chi connectivity index (χ1n) is 11.5. The summed E-state index contributed by atoms with van der Waals surface area (Å²) in [5.74, 6) is -4.89. The van der Waals surface area contributed by atoms with Crippen molar-refractivity contribution in [3.05, 3.63) is 82.7 Å². The monoisotopic (exact) mass is 534 g/mol. The molecule has 3 rings (SSSR count). The second-order valence-electron chi connectivity index (χ2n) is 9.60. The van der Waals surface area contributed by atoms with Crippen LogP contribution in [0.4, 0.5) is 17.6 Å². The van der Waals surface area contributed by atoms with Crippen LogP contribution in [0.1, 0.15) is 60.7 Å². The minimum Gasteiger partial charge on any atom is -0.506 e. The van der Waals surface area contributed by atoms with E-state index in [2.05, 4.69) is 0 Å². The first kappa shape index (κ1) is 28.5. The smallest absolute Gasteiger partial charge is 0.419 e. The molecule has 0 aliphatic heterocycles. The minimum absolute atomic E-state index is 0.0148. The van der Waals surface area contributed by atoms with Crippen LogP contribution in [0.2, 0.25) is 0 Å². The number of carbonyl (C=O) groups is 2. The Hall–Kier alpha value is -4.08. The Morgan fingerprint density at radius 2 is 1.55 bits per heavy atom. The van der Waals surface area contributed by atoms with E-state index in [1.165, 1.54) is 31.2 Å². The van der Waals surface area contributed by atoms with Crippen molar-refractivity contribution in [3.8, 4) is 22.6 Å². The second-order valence-corrected chi connectivity index (χ2v) is 9.60. The van der Waals surface area contributed by atoms with Crippen LogP contribution in [0.5, 0.6) is 11.5 Å². The lowest BCUT2D eigenvalue weighted by atomic mass is 9.97. The van der Waals surface area contributed by atoms with Gasteiger partial charge in [-0.15, -0.1) is 0 Å². The molecule has 3 aromatic rings. The lowest BCUT2D eigenvalue weighted by Crippen LogP contribution is -2.25. The number of carbonyl (C=O) groups excluding carboxylic acids is 1. The molecule has 0 amide bonds. The van der Waals surface area contributed by atoms with Gasteiger partial charge in [0.05, 0.1) is 11.5 Å². The van der Waals surface area contributed by atoms with Crippen molar-refractivity contribution in [1.29, 1.82) is 0 Å². The molecule has 0 aliphatic carbocycles. The maximum atomic E-state index is 14.5. The molecule has 0 fully saturated rings. The Labute approximate surface area is 216 Å². The molecule has 2 N–H and O–H groups in total. The van der Waals surface area contributed by atoms with Gasteiger partial charge in [0.25, 0.3) is 0 Å². The maximum Gasteiger partial charge on any atom is 0.419 e. The van der Waals surface area contributed by atoms with E-state index < -0.39 is 52.3 Å². The largest absolute Gasteiger partial charge is 0.506 e. The van der Waals surface area contributed by atoms with Crippen LogP contribution in [0.15, 0.2) is 54.6 Å². The zero-order chi connectivity index (χ0) is 28.4. The van der Waals surface area contributed by atoms with E-state index >= 15 is 0 Å². The minimum atomic E-state index is -4.89. The average Bonchev–Trinajstić information content (AvgIpc) is 2.80. The predicted octanol–water partition coefficient (Wildman–Crippen LogP) is 6.94. The van der Waals surface area contributed by atoms with Crippen LogP contribution in [0.25, 0.3) is 11.1 Å². The number of rotatable bonds is 7. The Bertz CT molecular complexity index is 1340. The molecule has 1 atom stereocenters. The number of alkyl halides is 3. The van der Waals surface area contributed by atoms with E-state index in [9.17, 15) is 32.3 Å². The van der Waals surface area contributed by atoms with Gasteiger partial charge in [-0.05, 0) is 63.1 Å². The molecule has 1 unspecified atom stereocenters. The summed E-state index contributed by atoms with van der Waals surface area (Å²) in [6.07, 6.45) is -4.89. The third kappa shape index (κ3) is 6.62. The highest BCUT2D eigenvalue weighted by Crippen LogP contribution is 2.39. The van der Waals surface area contributed by atoms with Crippen molar-refractivity contribution in [1.82, 2.24) is 0 Å². The van der Waals surface area contributed by atoms with E-state index in [-0.39, 0.29) is 17.7 Å². The van der Waals surface area contributed by atoms with Crippen LogP contribution < -0.4 is 4.74 Å². The molecule has 0 aliphatic rings. The molecule has 0 saturated carbocycles. The second kappa shape index (κ2) is 10.7. The lowest BCUT2D eigenvalue weighted by Gasteiger charge is -2.22. The zero-order valence-electron chi connectivity index (χ0n) is 21.0. The molecule has 3 aromatic carbocycles. The molecule has 6 nitrogen and oxygen atoms in total. The van der Waals surface area contributed by atoms with Gasteiger partial charge in [0.15, 0.2) is 0 Å². The number of hydrogen-bond acceptors (Lipinski definition) is 5. The molecule has 0 saturated heterocycles. The first-order valence-corrected chi connectivity index (χ1v) is 11.5. The summed E-state index contributed by atoms with van der Waals surface area (Å²) >= 11 is 0. The SMILES string of the molecule is CC(C(=O)O)c1ccc(-c2ccc(OCc3ccc(C(F)(F)F)c(O)c3C(=O)OC(C)(C)C)cc2)cc1F. The van der Waals surface area contributed by atoms with Crippen molar-refractivity contribution < 1.29 is 46.8 Å². The van der Waals surface area contributed by atoms with Crippen LogP contribution in [0, 0.1) is 5.82 Å². The molecule has 0 heterocycles. The lowest BCUT2D eigenvalue weighted by molar-refractivity contribution is -0.139. The number of benzene rings is 3. The number of esters is 1. The fraction of sp³-hybridized carbons (Fsp3) is 0.286. The van der Waals surface area contributed by atoms with Crippen molar-refractivity contribution in [2.75, 3.05) is 0 Å². The van der Waals surface area contributed by atoms with Gasteiger partial charge in [0, 0.05) is 11.1 Å². The van der Waals surface area contributed by atoms with Gasteiger partial charge in [0.2, 0.25) is 0 Å². The highest BCUT2D eigenvalue weighted by Gasteiger charge is 2.37. The Morgan fingerprint density at radius 1 is 0.947 bits per heavy atom. The summed E-state index contributed by atoms with van der Waals surface area (Å²) in [6.45, 7) is 5.66. The summed E-state index contributed by atoms with van der Waals surface area (Å²) in [5, 5.41) is 19.4. The van der Waals surface area contributed by atoms with E-state index in [1.807, 2.05) is 0 Å². The third-order valence-electron chi connectivity index (χ3n) is 5.59. The van der Waals surface area contributed by atoms with Crippen LogP contribution >= 0.6 is 0 Å². The molecule has 0 bridgehead atoms. The molecule has 202 valence electrons. The Morgan fingerprint density at radius 3 is 2.08 bits per heavy atom. The van der Waals surface area contributed by atoms with Gasteiger partial charge in [-0.3, -0.25) is 4.79 Å². The molecular formula is C28H26F4O6. The van der Waals surface area contributed by atoms with Crippen molar-refractivity contribution in [2.45, 2.75) is 52.0 Å². The van der Waals surface area contributed by atoms with Gasteiger partial charge in [-0.2, -0.15) is 13.2 Å². The van der Waals surface area contributed by atoms with Crippen molar-refractivity contribution in [2.24, 2.45) is 0 Å². The van der Waals surface area contributed by atoms with Crippen LogP contribution in [-0.2, 0) is 22.3 Å². The fourth-order valence-corrected chi connectivity index (χ4v) is 3.63. The fourth-order valence-electron chi connectivity index (χ4n) is 3.63. The number of carboxylic acid groups (broad SMARTS) is 1. The number of aliphatic carboxylic acids is 1. The van der Waals surface area contributed by atoms with Gasteiger partial charge in [-0.25, -0.2) is 9.18 Å². The van der Waals surface area contributed by atoms with Crippen molar-refractivity contribution in [3.63, 3.8) is 0 Å². The summed E-state index contributed by atoms with van der Waals surface area (Å²) < 4.78 is 65.3.